The lowest BCUT2D eigenvalue weighted by Crippen LogP contribution is -2.03. The molecule has 0 N–H and O–H groups in total. The quantitative estimate of drug-likeness (QED) is 0.369. The van der Waals surface area contributed by atoms with Crippen LogP contribution >= 0.6 is 0 Å². The van der Waals surface area contributed by atoms with E-state index in [1.807, 2.05) is 42.5 Å². The Labute approximate surface area is 186 Å². The molecule has 4 nitrogen and oxygen atoms in total. The number of furan rings is 1. The van der Waals surface area contributed by atoms with Crippen LogP contribution in [0.4, 0.5) is 0 Å². The van der Waals surface area contributed by atoms with Crippen LogP contribution in [0.5, 0.6) is 0 Å². The van der Waals surface area contributed by atoms with Gasteiger partial charge in [0.25, 0.3) is 0 Å². The molecule has 0 spiro atoms. The predicted octanol–water partition coefficient (Wildman–Crippen LogP) is 6.81. The third kappa shape index (κ3) is 3.30. The number of benzene rings is 2. The van der Waals surface area contributed by atoms with Crippen LogP contribution in [0.1, 0.15) is 30.0 Å². The Morgan fingerprint density at radius 1 is 0.750 bits per heavy atom. The van der Waals surface area contributed by atoms with E-state index in [0.717, 1.165) is 64.1 Å². The first-order chi connectivity index (χ1) is 15.9. The molecule has 6 rings (SSSR count). The molecule has 2 aromatic heterocycles. The van der Waals surface area contributed by atoms with Crippen molar-refractivity contribution in [1.82, 2.24) is 15.0 Å². The summed E-state index contributed by atoms with van der Waals surface area (Å²) in [4.78, 5) is 14.6. The van der Waals surface area contributed by atoms with Crippen LogP contribution in [0.15, 0.2) is 89.4 Å². The average molecular weight is 415 g/mol. The minimum atomic E-state index is 0.637. The molecule has 0 saturated heterocycles. The fourth-order valence-electron chi connectivity index (χ4n) is 4.25. The summed E-state index contributed by atoms with van der Waals surface area (Å²) in [5.74, 6) is 3.01. The summed E-state index contributed by atoms with van der Waals surface area (Å²) in [5, 5.41) is 1.08. The highest BCUT2D eigenvalue weighted by atomic mass is 16.3. The molecule has 0 aliphatic heterocycles. The zero-order chi connectivity index (χ0) is 21.3. The van der Waals surface area contributed by atoms with E-state index in [1.54, 1.807) is 0 Å². The predicted molar refractivity (Wildman–Crippen MR) is 129 cm³/mol. The van der Waals surface area contributed by atoms with E-state index < -0.39 is 0 Å². The molecule has 4 aromatic rings. The van der Waals surface area contributed by atoms with E-state index in [0.29, 0.717) is 11.6 Å². The first kappa shape index (κ1) is 18.7. The number of hydrogen-bond donors (Lipinski definition) is 0. The van der Waals surface area contributed by atoms with Crippen molar-refractivity contribution in [2.75, 3.05) is 0 Å². The van der Waals surface area contributed by atoms with Crippen molar-refractivity contribution in [3.05, 3.63) is 102 Å². The van der Waals surface area contributed by atoms with Crippen molar-refractivity contribution in [1.29, 1.82) is 0 Å². The molecule has 0 unspecified atom stereocenters. The van der Waals surface area contributed by atoms with Crippen molar-refractivity contribution in [3.8, 4) is 22.8 Å². The number of para-hydroxylation sites is 1. The lowest BCUT2D eigenvalue weighted by Gasteiger charge is -2.11. The second-order valence-corrected chi connectivity index (χ2v) is 7.94. The number of aromatic nitrogens is 3. The van der Waals surface area contributed by atoms with Crippen LogP contribution in [-0.2, 0) is 6.42 Å². The molecular weight excluding hydrogens is 394 g/mol. The lowest BCUT2D eigenvalue weighted by atomic mass is 10.0. The van der Waals surface area contributed by atoms with Crippen molar-refractivity contribution in [2.45, 2.75) is 19.3 Å². The summed E-state index contributed by atoms with van der Waals surface area (Å²) in [6.45, 7) is 0. The minimum Gasteiger partial charge on any atom is -0.459 e. The molecule has 2 aromatic carbocycles. The molecular formula is C28H21N3O. The molecule has 0 bridgehead atoms. The fourth-order valence-corrected chi connectivity index (χ4v) is 4.25. The molecule has 4 heteroatoms. The number of fused-ring (bicyclic) bond motifs is 3. The van der Waals surface area contributed by atoms with Gasteiger partial charge in [0.05, 0.1) is 5.56 Å². The molecule has 0 fully saturated rings. The molecule has 154 valence electrons. The molecule has 32 heavy (non-hydrogen) atoms. The largest absolute Gasteiger partial charge is 0.459 e. The third-order valence-corrected chi connectivity index (χ3v) is 5.85. The van der Waals surface area contributed by atoms with Crippen LogP contribution in [0.3, 0.4) is 0 Å². The Balaban J connectivity index is 1.58. The van der Waals surface area contributed by atoms with E-state index in [-0.39, 0.29) is 0 Å². The summed E-state index contributed by atoms with van der Waals surface area (Å²) >= 11 is 0. The second kappa shape index (κ2) is 7.89. The molecule has 2 heterocycles. The highest BCUT2D eigenvalue weighted by molar-refractivity contribution is 5.97. The van der Waals surface area contributed by atoms with Gasteiger partial charge in [0, 0.05) is 22.9 Å². The molecule has 0 radical (unpaired) electrons. The first-order valence-electron chi connectivity index (χ1n) is 10.9. The van der Waals surface area contributed by atoms with E-state index in [4.69, 9.17) is 19.4 Å². The van der Waals surface area contributed by atoms with Gasteiger partial charge in [0.2, 0.25) is 0 Å². The summed E-state index contributed by atoms with van der Waals surface area (Å²) < 4.78 is 6.36. The number of allylic oxidation sites excluding steroid dienone is 7. The Morgan fingerprint density at radius 3 is 2.50 bits per heavy atom. The maximum Gasteiger partial charge on any atom is 0.167 e. The average Bonchev–Trinajstić information content (AvgIpc) is 3.05. The highest BCUT2D eigenvalue weighted by Crippen LogP contribution is 2.36. The summed E-state index contributed by atoms with van der Waals surface area (Å²) in [5.41, 5.74) is 4.94. The van der Waals surface area contributed by atoms with Gasteiger partial charge in [0.1, 0.15) is 11.3 Å². The maximum absolute atomic E-state index is 6.36. The Morgan fingerprint density at radius 2 is 1.62 bits per heavy atom. The molecule has 2 aliphatic carbocycles. The Hall–Kier alpha value is -4.05. The van der Waals surface area contributed by atoms with Crippen LogP contribution in [-0.4, -0.2) is 15.0 Å². The van der Waals surface area contributed by atoms with E-state index in [1.165, 1.54) is 0 Å². The van der Waals surface area contributed by atoms with Gasteiger partial charge >= 0.3 is 0 Å². The van der Waals surface area contributed by atoms with Crippen molar-refractivity contribution in [2.24, 2.45) is 0 Å². The first-order valence-corrected chi connectivity index (χ1v) is 10.9. The summed E-state index contributed by atoms with van der Waals surface area (Å²) in [6.07, 6.45) is 17.4. The number of hydrogen-bond acceptors (Lipinski definition) is 4. The topological polar surface area (TPSA) is 51.8 Å². The molecule has 2 aliphatic rings. The molecule has 0 amide bonds. The molecule has 0 atom stereocenters. The van der Waals surface area contributed by atoms with Gasteiger partial charge < -0.3 is 4.42 Å². The lowest BCUT2D eigenvalue weighted by molar-refractivity contribution is 0.565. The SMILES string of the molecule is C1=CCCC(c2nc(-c3ccccc3)nc(-c3cccc4c5c(oc34)CC=CC=C5)n2)=C1. The zero-order valence-electron chi connectivity index (χ0n) is 17.5. The van der Waals surface area contributed by atoms with Crippen molar-refractivity contribution >= 4 is 22.6 Å². The zero-order valence-corrected chi connectivity index (χ0v) is 17.5. The summed E-state index contributed by atoms with van der Waals surface area (Å²) in [7, 11) is 0. The maximum atomic E-state index is 6.36. The van der Waals surface area contributed by atoms with Gasteiger partial charge in [-0.1, -0.05) is 85.0 Å². The van der Waals surface area contributed by atoms with Crippen LogP contribution < -0.4 is 0 Å². The normalized spacial score (nSPS) is 14.9. The molecule has 0 saturated carbocycles. The van der Waals surface area contributed by atoms with E-state index in [2.05, 4.69) is 48.6 Å². The standard InChI is InChI=1S/C28H21N3O/c1-4-11-19(12-5-1)26-29-27(20-13-6-2-7-14-20)31-28(30-26)23-17-10-16-22-21-15-8-3-9-18-24(21)32-25(22)23/h1-6,8-13,15-17H,7,14,18H2. The number of rotatable bonds is 3. The summed E-state index contributed by atoms with van der Waals surface area (Å²) in [6, 6.07) is 16.3. The van der Waals surface area contributed by atoms with Crippen molar-refractivity contribution < 1.29 is 4.42 Å². The van der Waals surface area contributed by atoms with E-state index in [9.17, 15) is 0 Å². The highest BCUT2D eigenvalue weighted by Gasteiger charge is 2.20. The fraction of sp³-hybridized carbons (Fsp3) is 0.107. The van der Waals surface area contributed by atoms with Gasteiger partial charge in [-0.15, -0.1) is 0 Å². The van der Waals surface area contributed by atoms with Crippen molar-refractivity contribution in [3.63, 3.8) is 0 Å². The minimum absolute atomic E-state index is 0.637. The second-order valence-electron chi connectivity index (χ2n) is 7.94. The monoisotopic (exact) mass is 415 g/mol. The van der Waals surface area contributed by atoms with E-state index >= 15 is 0 Å². The Kier molecular flexibility index (Phi) is 4.61. The van der Waals surface area contributed by atoms with Crippen LogP contribution in [0.25, 0.3) is 45.4 Å². The van der Waals surface area contributed by atoms with Crippen LogP contribution in [0, 0.1) is 0 Å². The van der Waals surface area contributed by atoms with Gasteiger partial charge in [-0.05, 0) is 24.5 Å². The van der Waals surface area contributed by atoms with Gasteiger partial charge in [-0.25, -0.2) is 15.0 Å². The van der Waals surface area contributed by atoms with Gasteiger partial charge in [-0.2, -0.15) is 0 Å². The smallest absolute Gasteiger partial charge is 0.167 e. The Bertz CT molecular complexity index is 1440. The van der Waals surface area contributed by atoms with Gasteiger partial charge in [0.15, 0.2) is 17.5 Å². The van der Waals surface area contributed by atoms with Crippen LogP contribution in [0.2, 0.25) is 0 Å². The number of nitrogens with zero attached hydrogens (tertiary/aromatic N) is 3. The third-order valence-electron chi connectivity index (χ3n) is 5.85. The van der Waals surface area contributed by atoms with Gasteiger partial charge in [-0.3, -0.25) is 0 Å².